The van der Waals surface area contributed by atoms with Crippen LogP contribution in [-0.4, -0.2) is 23.3 Å². The highest BCUT2D eigenvalue weighted by Gasteiger charge is 2.13. The molecule has 4 heteroatoms. The number of hydrogen-bond acceptors (Lipinski definition) is 3. The average Bonchev–Trinajstić information content (AvgIpc) is 2.45. The van der Waals surface area contributed by atoms with Crippen molar-refractivity contribution in [3.05, 3.63) is 48.0 Å². The van der Waals surface area contributed by atoms with Gasteiger partial charge in [0.05, 0.1) is 12.1 Å². The van der Waals surface area contributed by atoms with Gasteiger partial charge in [-0.25, -0.2) is 4.79 Å². The molecule has 0 bridgehead atoms. The lowest BCUT2D eigenvalue weighted by Crippen LogP contribution is -2.34. The molecule has 1 aliphatic carbocycles. The minimum atomic E-state index is -0.418. The van der Waals surface area contributed by atoms with Crippen molar-refractivity contribution in [1.29, 1.82) is 0 Å². The summed E-state index contributed by atoms with van der Waals surface area (Å²) in [5.74, 6) is 0. The standard InChI is InChI=1S/C16H21NO3/c18-15-9-5-4-8-14(10-11-15)17-16(19)20-12-13-6-2-1-3-7-13/h1-3,6-7,10-11,14-15,18H,4-5,8-9,12H2,(H,17,19). The molecule has 20 heavy (non-hydrogen) atoms. The Morgan fingerprint density at radius 1 is 1.20 bits per heavy atom. The SMILES string of the molecule is O=C(NC1C=CC(O)CCCC1)OCc1ccccc1. The number of aliphatic hydroxyl groups excluding tert-OH is 1. The van der Waals surface area contributed by atoms with Gasteiger partial charge in [0.15, 0.2) is 0 Å². The van der Waals surface area contributed by atoms with Gasteiger partial charge < -0.3 is 15.2 Å². The number of rotatable bonds is 3. The maximum atomic E-state index is 11.7. The van der Waals surface area contributed by atoms with E-state index in [1.165, 1.54) is 0 Å². The molecule has 0 saturated carbocycles. The van der Waals surface area contributed by atoms with Gasteiger partial charge in [0.2, 0.25) is 0 Å². The molecule has 1 amide bonds. The lowest BCUT2D eigenvalue weighted by atomic mass is 10.0. The molecule has 2 atom stereocenters. The van der Waals surface area contributed by atoms with Crippen molar-refractivity contribution in [3.63, 3.8) is 0 Å². The normalized spacial score (nSPS) is 22.6. The van der Waals surface area contributed by atoms with Crippen LogP contribution in [0.3, 0.4) is 0 Å². The van der Waals surface area contributed by atoms with Gasteiger partial charge in [0.1, 0.15) is 6.61 Å². The molecule has 2 unspecified atom stereocenters. The molecular weight excluding hydrogens is 254 g/mol. The second kappa shape index (κ2) is 7.70. The van der Waals surface area contributed by atoms with Crippen LogP contribution in [0.1, 0.15) is 31.2 Å². The summed E-state index contributed by atoms with van der Waals surface area (Å²) in [6, 6.07) is 9.52. The maximum absolute atomic E-state index is 11.7. The van der Waals surface area contributed by atoms with Gasteiger partial charge in [0, 0.05) is 0 Å². The second-order valence-corrected chi connectivity index (χ2v) is 5.05. The fraction of sp³-hybridized carbons (Fsp3) is 0.438. The Labute approximate surface area is 119 Å². The van der Waals surface area contributed by atoms with Gasteiger partial charge >= 0.3 is 6.09 Å². The lowest BCUT2D eigenvalue weighted by molar-refractivity contribution is 0.136. The van der Waals surface area contributed by atoms with Gasteiger partial charge in [-0.05, 0) is 18.4 Å². The van der Waals surface area contributed by atoms with Crippen LogP contribution in [0.5, 0.6) is 0 Å². The maximum Gasteiger partial charge on any atom is 0.407 e. The molecule has 0 saturated heterocycles. The van der Waals surface area contributed by atoms with Gasteiger partial charge in [-0.1, -0.05) is 55.3 Å². The van der Waals surface area contributed by atoms with E-state index in [0.29, 0.717) is 0 Å². The molecule has 0 aliphatic heterocycles. The molecule has 1 aromatic carbocycles. The largest absolute Gasteiger partial charge is 0.445 e. The van der Waals surface area contributed by atoms with E-state index in [0.717, 1.165) is 31.2 Å². The van der Waals surface area contributed by atoms with Crippen molar-refractivity contribution in [2.24, 2.45) is 0 Å². The number of aliphatic hydroxyl groups is 1. The van der Waals surface area contributed by atoms with E-state index in [1.54, 1.807) is 6.08 Å². The first kappa shape index (κ1) is 14.6. The van der Waals surface area contributed by atoms with Crippen LogP contribution in [0.15, 0.2) is 42.5 Å². The Kier molecular flexibility index (Phi) is 5.62. The van der Waals surface area contributed by atoms with Crippen molar-refractivity contribution in [2.45, 2.75) is 44.4 Å². The van der Waals surface area contributed by atoms with Crippen molar-refractivity contribution in [1.82, 2.24) is 5.32 Å². The van der Waals surface area contributed by atoms with E-state index in [2.05, 4.69) is 5.32 Å². The highest BCUT2D eigenvalue weighted by Crippen LogP contribution is 2.12. The lowest BCUT2D eigenvalue weighted by Gasteiger charge is -2.18. The number of amides is 1. The van der Waals surface area contributed by atoms with Crippen LogP contribution in [0.25, 0.3) is 0 Å². The Morgan fingerprint density at radius 2 is 1.95 bits per heavy atom. The highest BCUT2D eigenvalue weighted by atomic mass is 16.5. The fourth-order valence-electron chi connectivity index (χ4n) is 2.21. The zero-order chi connectivity index (χ0) is 14.2. The summed E-state index contributed by atoms with van der Waals surface area (Å²) in [7, 11) is 0. The number of benzene rings is 1. The van der Waals surface area contributed by atoms with Gasteiger partial charge in [-0.15, -0.1) is 0 Å². The summed E-state index contributed by atoms with van der Waals surface area (Å²) in [6.45, 7) is 0.270. The van der Waals surface area contributed by atoms with Crippen LogP contribution in [0.4, 0.5) is 4.79 Å². The summed E-state index contributed by atoms with van der Waals surface area (Å²) in [5.41, 5.74) is 0.964. The van der Waals surface area contributed by atoms with Crippen LogP contribution >= 0.6 is 0 Å². The fourth-order valence-corrected chi connectivity index (χ4v) is 2.21. The molecular formula is C16H21NO3. The summed E-state index contributed by atoms with van der Waals surface area (Å²) in [4.78, 5) is 11.7. The Hall–Kier alpha value is -1.81. The van der Waals surface area contributed by atoms with Crippen molar-refractivity contribution >= 4 is 6.09 Å². The van der Waals surface area contributed by atoms with Crippen LogP contribution < -0.4 is 5.32 Å². The molecule has 2 rings (SSSR count). The average molecular weight is 275 g/mol. The Morgan fingerprint density at radius 3 is 2.75 bits per heavy atom. The van der Waals surface area contributed by atoms with E-state index in [4.69, 9.17) is 4.74 Å². The number of alkyl carbamates (subject to hydrolysis) is 1. The van der Waals surface area contributed by atoms with Crippen molar-refractivity contribution in [3.8, 4) is 0 Å². The quantitative estimate of drug-likeness (QED) is 0.834. The highest BCUT2D eigenvalue weighted by molar-refractivity contribution is 5.67. The Balaban J connectivity index is 1.78. The van der Waals surface area contributed by atoms with E-state index in [9.17, 15) is 9.90 Å². The summed E-state index contributed by atoms with van der Waals surface area (Å²) in [5, 5.41) is 12.4. The third-order valence-electron chi connectivity index (χ3n) is 3.35. The molecule has 0 radical (unpaired) electrons. The van der Waals surface area contributed by atoms with Crippen molar-refractivity contribution in [2.75, 3.05) is 0 Å². The third kappa shape index (κ3) is 5.05. The number of carbonyl (C=O) groups excluding carboxylic acids is 1. The molecule has 1 aliphatic rings. The number of carbonyl (C=O) groups is 1. The number of nitrogens with one attached hydrogen (secondary N) is 1. The van der Waals surface area contributed by atoms with E-state index in [1.807, 2.05) is 36.4 Å². The van der Waals surface area contributed by atoms with Crippen LogP contribution in [0, 0.1) is 0 Å². The zero-order valence-electron chi connectivity index (χ0n) is 11.5. The summed E-state index contributed by atoms with van der Waals surface area (Å²) >= 11 is 0. The monoisotopic (exact) mass is 275 g/mol. The number of hydrogen-bond donors (Lipinski definition) is 2. The van der Waals surface area contributed by atoms with Crippen molar-refractivity contribution < 1.29 is 14.6 Å². The van der Waals surface area contributed by atoms with E-state index < -0.39 is 12.2 Å². The van der Waals surface area contributed by atoms with E-state index >= 15 is 0 Å². The summed E-state index contributed by atoms with van der Waals surface area (Å²) in [6.07, 6.45) is 6.42. The third-order valence-corrected chi connectivity index (χ3v) is 3.35. The van der Waals surface area contributed by atoms with Crippen LogP contribution in [-0.2, 0) is 11.3 Å². The topological polar surface area (TPSA) is 58.6 Å². The Bertz CT molecular complexity index is 444. The molecule has 0 spiro atoms. The van der Waals surface area contributed by atoms with Gasteiger partial charge in [-0.2, -0.15) is 0 Å². The minimum Gasteiger partial charge on any atom is -0.445 e. The zero-order valence-corrected chi connectivity index (χ0v) is 11.5. The molecule has 1 aromatic rings. The first-order chi connectivity index (χ1) is 9.74. The smallest absolute Gasteiger partial charge is 0.407 e. The van der Waals surface area contributed by atoms with Gasteiger partial charge in [-0.3, -0.25) is 0 Å². The molecule has 4 nitrogen and oxygen atoms in total. The first-order valence-corrected chi connectivity index (χ1v) is 7.07. The molecule has 0 fully saturated rings. The second-order valence-electron chi connectivity index (χ2n) is 5.05. The molecule has 2 N–H and O–H groups in total. The molecule has 0 aromatic heterocycles. The first-order valence-electron chi connectivity index (χ1n) is 7.07. The predicted molar refractivity (Wildman–Crippen MR) is 77.2 cm³/mol. The molecule has 108 valence electrons. The minimum absolute atomic E-state index is 0.0618. The predicted octanol–water partition coefficient (Wildman–Crippen LogP) is 2.77. The summed E-state index contributed by atoms with van der Waals surface area (Å²) < 4.78 is 5.18. The molecule has 0 heterocycles. The van der Waals surface area contributed by atoms with Gasteiger partial charge in [0.25, 0.3) is 0 Å². The van der Waals surface area contributed by atoms with E-state index in [-0.39, 0.29) is 12.6 Å². The number of ether oxygens (including phenoxy) is 1. The van der Waals surface area contributed by atoms with Crippen LogP contribution in [0.2, 0.25) is 0 Å².